The van der Waals surface area contributed by atoms with Gasteiger partial charge in [0.2, 0.25) is 0 Å². The van der Waals surface area contributed by atoms with Crippen molar-refractivity contribution >= 4 is 11.8 Å². The van der Waals surface area contributed by atoms with Crippen LogP contribution in [0.2, 0.25) is 0 Å². The first-order valence-electron chi connectivity index (χ1n) is 3.70. The average Bonchev–Trinajstić information content (AvgIpc) is 2.15. The molecule has 0 aliphatic carbocycles. The molecule has 0 unspecified atom stereocenters. The molecule has 0 bridgehead atoms. The number of rotatable bonds is 3. The minimum Gasteiger partial charge on any atom is -0.330 e. The Morgan fingerprint density at radius 1 is 1.42 bits per heavy atom. The van der Waals surface area contributed by atoms with Gasteiger partial charge in [-0.3, -0.25) is 0 Å². The molecule has 0 aliphatic rings. The van der Waals surface area contributed by atoms with Crippen molar-refractivity contribution < 1.29 is 0 Å². The number of hydrogen-bond donors (Lipinski definition) is 1. The predicted molar refractivity (Wildman–Crippen MR) is 50.9 cm³/mol. The number of nitrogens with zero attached hydrogens (tertiary/aromatic N) is 1. The molecule has 62 valence electrons. The summed E-state index contributed by atoms with van der Waals surface area (Å²) in [4.78, 5) is 1.02. The fourth-order valence-corrected chi connectivity index (χ4v) is 1.64. The quantitative estimate of drug-likeness (QED) is 0.715. The summed E-state index contributed by atoms with van der Waals surface area (Å²) in [5.74, 6) is 0.860. The highest BCUT2D eigenvalue weighted by atomic mass is 32.2. The van der Waals surface area contributed by atoms with Crippen LogP contribution in [0.1, 0.15) is 5.56 Å². The molecule has 3 heteroatoms. The van der Waals surface area contributed by atoms with Crippen LogP contribution >= 0.6 is 11.8 Å². The molecule has 0 spiro atoms. The minimum atomic E-state index is 0.643. The van der Waals surface area contributed by atoms with Crippen molar-refractivity contribution in [1.29, 1.82) is 5.26 Å². The van der Waals surface area contributed by atoms with Crippen LogP contribution in [-0.2, 0) is 0 Å². The number of nitriles is 1. The van der Waals surface area contributed by atoms with Crippen molar-refractivity contribution in [2.75, 3.05) is 12.3 Å². The SMILES string of the molecule is N#Cc1ccccc1SCCN. The second-order valence-corrected chi connectivity index (χ2v) is 3.38. The van der Waals surface area contributed by atoms with E-state index in [-0.39, 0.29) is 0 Å². The van der Waals surface area contributed by atoms with Gasteiger partial charge in [0.15, 0.2) is 0 Å². The zero-order chi connectivity index (χ0) is 8.81. The van der Waals surface area contributed by atoms with Crippen LogP contribution < -0.4 is 5.73 Å². The van der Waals surface area contributed by atoms with Crippen molar-refractivity contribution in [3.05, 3.63) is 29.8 Å². The molecule has 1 aromatic rings. The molecular formula is C9H10N2S. The van der Waals surface area contributed by atoms with E-state index in [2.05, 4.69) is 6.07 Å². The Bertz CT molecular complexity index is 291. The van der Waals surface area contributed by atoms with Crippen LogP contribution in [0.15, 0.2) is 29.2 Å². The van der Waals surface area contributed by atoms with Crippen LogP contribution in [0.25, 0.3) is 0 Å². The van der Waals surface area contributed by atoms with E-state index in [9.17, 15) is 0 Å². The summed E-state index contributed by atoms with van der Waals surface area (Å²) in [7, 11) is 0. The molecular weight excluding hydrogens is 168 g/mol. The lowest BCUT2D eigenvalue weighted by Gasteiger charge is -2.00. The second-order valence-electron chi connectivity index (χ2n) is 2.25. The molecule has 0 heterocycles. The van der Waals surface area contributed by atoms with Gasteiger partial charge in [0.25, 0.3) is 0 Å². The topological polar surface area (TPSA) is 49.8 Å². The van der Waals surface area contributed by atoms with Gasteiger partial charge in [-0.2, -0.15) is 5.26 Å². The maximum atomic E-state index is 8.72. The monoisotopic (exact) mass is 178 g/mol. The van der Waals surface area contributed by atoms with Crippen molar-refractivity contribution in [3.63, 3.8) is 0 Å². The normalized spacial score (nSPS) is 9.33. The van der Waals surface area contributed by atoms with E-state index in [1.165, 1.54) is 0 Å². The summed E-state index contributed by atoms with van der Waals surface area (Å²) in [6.07, 6.45) is 0. The van der Waals surface area contributed by atoms with Crippen LogP contribution in [0.5, 0.6) is 0 Å². The molecule has 0 fully saturated rings. The van der Waals surface area contributed by atoms with Crippen molar-refractivity contribution in [1.82, 2.24) is 0 Å². The molecule has 0 saturated heterocycles. The largest absolute Gasteiger partial charge is 0.330 e. The van der Waals surface area contributed by atoms with E-state index < -0.39 is 0 Å². The maximum absolute atomic E-state index is 8.72. The second kappa shape index (κ2) is 4.81. The first-order valence-corrected chi connectivity index (χ1v) is 4.69. The van der Waals surface area contributed by atoms with Gasteiger partial charge < -0.3 is 5.73 Å². The van der Waals surface area contributed by atoms with Gasteiger partial charge in [0.1, 0.15) is 6.07 Å². The highest BCUT2D eigenvalue weighted by Gasteiger charge is 1.98. The third kappa shape index (κ3) is 2.26. The van der Waals surface area contributed by atoms with E-state index in [0.717, 1.165) is 16.2 Å². The van der Waals surface area contributed by atoms with Crippen LogP contribution in [-0.4, -0.2) is 12.3 Å². The Hall–Kier alpha value is -0.980. The molecule has 2 nitrogen and oxygen atoms in total. The van der Waals surface area contributed by atoms with Crippen molar-refractivity contribution in [2.24, 2.45) is 5.73 Å². The summed E-state index contributed by atoms with van der Waals surface area (Å²) >= 11 is 1.62. The van der Waals surface area contributed by atoms with E-state index in [4.69, 9.17) is 11.0 Å². The third-order valence-corrected chi connectivity index (χ3v) is 2.49. The first-order chi connectivity index (χ1) is 5.88. The summed E-state index contributed by atoms with van der Waals surface area (Å²) in [5.41, 5.74) is 6.10. The van der Waals surface area contributed by atoms with Gasteiger partial charge in [0.05, 0.1) is 5.56 Å². The predicted octanol–water partition coefficient (Wildman–Crippen LogP) is 1.61. The average molecular weight is 178 g/mol. The first kappa shape index (κ1) is 9.11. The van der Waals surface area contributed by atoms with Gasteiger partial charge in [0, 0.05) is 17.2 Å². The van der Waals surface area contributed by atoms with Crippen LogP contribution in [0.4, 0.5) is 0 Å². The highest BCUT2D eigenvalue weighted by molar-refractivity contribution is 7.99. The Kier molecular flexibility index (Phi) is 3.65. The van der Waals surface area contributed by atoms with Crippen molar-refractivity contribution in [2.45, 2.75) is 4.90 Å². The highest BCUT2D eigenvalue weighted by Crippen LogP contribution is 2.20. The lowest BCUT2D eigenvalue weighted by Crippen LogP contribution is -2.01. The summed E-state index contributed by atoms with van der Waals surface area (Å²) in [6, 6.07) is 9.70. The molecule has 1 aromatic carbocycles. The molecule has 0 amide bonds. The van der Waals surface area contributed by atoms with Gasteiger partial charge in [-0.25, -0.2) is 0 Å². The zero-order valence-corrected chi connectivity index (χ0v) is 7.47. The number of hydrogen-bond acceptors (Lipinski definition) is 3. The van der Waals surface area contributed by atoms with Gasteiger partial charge in [-0.15, -0.1) is 11.8 Å². The molecule has 0 radical (unpaired) electrons. The van der Waals surface area contributed by atoms with E-state index in [0.29, 0.717) is 6.54 Å². The zero-order valence-electron chi connectivity index (χ0n) is 6.66. The van der Waals surface area contributed by atoms with E-state index in [1.54, 1.807) is 11.8 Å². The van der Waals surface area contributed by atoms with E-state index in [1.807, 2.05) is 24.3 Å². The minimum absolute atomic E-state index is 0.643. The smallest absolute Gasteiger partial charge is 0.100 e. The van der Waals surface area contributed by atoms with Crippen LogP contribution in [0.3, 0.4) is 0 Å². The Balaban J connectivity index is 2.77. The Morgan fingerprint density at radius 2 is 2.17 bits per heavy atom. The molecule has 0 aliphatic heterocycles. The summed E-state index contributed by atoms with van der Waals surface area (Å²) in [5, 5.41) is 8.72. The molecule has 2 N–H and O–H groups in total. The van der Waals surface area contributed by atoms with Crippen molar-refractivity contribution in [3.8, 4) is 6.07 Å². The Labute approximate surface area is 76.4 Å². The lowest BCUT2D eigenvalue weighted by atomic mass is 10.2. The summed E-state index contributed by atoms with van der Waals surface area (Å²) in [6.45, 7) is 0.643. The molecule has 0 atom stereocenters. The van der Waals surface area contributed by atoms with Gasteiger partial charge in [-0.1, -0.05) is 12.1 Å². The molecule has 1 rings (SSSR count). The van der Waals surface area contributed by atoms with E-state index >= 15 is 0 Å². The molecule has 0 aromatic heterocycles. The maximum Gasteiger partial charge on any atom is 0.100 e. The fourth-order valence-electron chi connectivity index (χ4n) is 0.854. The number of nitrogens with two attached hydrogens (primary N) is 1. The Morgan fingerprint density at radius 3 is 2.83 bits per heavy atom. The van der Waals surface area contributed by atoms with Gasteiger partial charge in [-0.05, 0) is 12.1 Å². The number of benzene rings is 1. The van der Waals surface area contributed by atoms with Crippen LogP contribution in [0, 0.1) is 11.3 Å². The fraction of sp³-hybridized carbons (Fsp3) is 0.222. The molecule has 0 saturated carbocycles. The third-order valence-electron chi connectivity index (χ3n) is 1.38. The standard InChI is InChI=1S/C9H10N2S/c10-5-6-12-9-4-2-1-3-8(9)7-11/h1-4H,5-6,10H2. The van der Waals surface area contributed by atoms with Gasteiger partial charge >= 0.3 is 0 Å². The summed E-state index contributed by atoms with van der Waals surface area (Å²) < 4.78 is 0. The number of thioether (sulfide) groups is 1. The lowest BCUT2D eigenvalue weighted by molar-refractivity contribution is 1.15. The molecule has 12 heavy (non-hydrogen) atoms.